The number of unbranched alkanes of at least 4 members (excludes halogenated alkanes) is 1. The van der Waals surface area contributed by atoms with E-state index in [9.17, 15) is 0 Å². The van der Waals surface area contributed by atoms with Crippen LogP contribution in [0.4, 0.5) is 0 Å². The Hall–Kier alpha value is -0.0800. The second kappa shape index (κ2) is 7.24. The van der Waals surface area contributed by atoms with Crippen molar-refractivity contribution >= 4 is 0 Å². The fraction of sp³-hybridized carbons (Fsp3) is 1.00. The lowest BCUT2D eigenvalue weighted by Crippen LogP contribution is -2.41. The summed E-state index contributed by atoms with van der Waals surface area (Å²) in [6.45, 7) is 6.81. The van der Waals surface area contributed by atoms with E-state index in [1.807, 2.05) is 0 Å². The monoisotopic (exact) mass is 201 g/mol. The van der Waals surface area contributed by atoms with Crippen molar-refractivity contribution in [2.24, 2.45) is 11.1 Å². The summed E-state index contributed by atoms with van der Waals surface area (Å²) in [5.41, 5.74) is 6.36. The standard InChI is InChI=1S/C12H27NO/c1-4-7-8-12(6-3,9-10-14)11(13)5-2/h11,14H,4-10,13H2,1-3H3. The Bertz CT molecular complexity index is 138. The lowest BCUT2D eigenvalue weighted by Gasteiger charge is -2.38. The molecule has 2 unspecified atom stereocenters. The van der Waals surface area contributed by atoms with Crippen LogP contribution in [0.25, 0.3) is 0 Å². The number of hydrogen-bond acceptors (Lipinski definition) is 2. The highest BCUT2D eigenvalue weighted by atomic mass is 16.3. The van der Waals surface area contributed by atoms with Crippen LogP contribution in [-0.4, -0.2) is 17.8 Å². The van der Waals surface area contributed by atoms with E-state index >= 15 is 0 Å². The van der Waals surface area contributed by atoms with Crippen molar-refractivity contribution < 1.29 is 5.11 Å². The minimum atomic E-state index is 0.180. The number of rotatable bonds is 8. The molecule has 0 aliphatic heterocycles. The third kappa shape index (κ3) is 3.58. The molecule has 0 spiro atoms. The molecule has 0 bridgehead atoms. The van der Waals surface area contributed by atoms with Crippen molar-refractivity contribution in [3.63, 3.8) is 0 Å². The maximum Gasteiger partial charge on any atom is 0.0436 e. The zero-order valence-electron chi connectivity index (χ0n) is 10.1. The van der Waals surface area contributed by atoms with E-state index in [4.69, 9.17) is 10.8 Å². The molecule has 0 amide bonds. The normalized spacial score (nSPS) is 17.8. The lowest BCUT2D eigenvalue weighted by atomic mass is 9.71. The van der Waals surface area contributed by atoms with Crippen molar-refractivity contribution in [2.45, 2.75) is 65.3 Å². The van der Waals surface area contributed by atoms with E-state index < -0.39 is 0 Å². The van der Waals surface area contributed by atoms with Gasteiger partial charge in [-0.25, -0.2) is 0 Å². The molecular formula is C12H27NO. The first-order chi connectivity index (χ1) is 6.66. The number of aliphatic hydroxyl groups excluding tert-OH is 1. The van der Waals surface area contributed by atoms with Crippen LogP contribution in [-0.2, 0) is 0 Å². The first kappa shape index (κ1) is 13.9. The van der Waals surface area contributed by atoms with Gasteiger partial charge in [0, 0.05) is 12.6 Å². The highest BCUT2D eigenvalue weighted by molar-refractivity contribution is 4.87. The highest BCUT2D eigenvalue weighted by Gasteiger charge is 2.32. The van der Waals surface area contributed by atoms with Gasteiger partial charge < -0.3 is 10.8 Å². The Kier molecular flexibility index (Phi) is 7.20. The smallest absolute Gasteiger partial charge is 0.0436 e. The largest absolute Gasteiger partial charge is 0.396 e. The fourth-order valence-electron chi connectivity index (χ4n) is 2.30. The quantitative estimate of drug-likeness (QED) is 0.634. The van der Waals surface area contributed by atoms with E-state index in [0.29, 0.717) is 0 Å². The second-order valence-electron chi connectivity index (χ2n) is 4.31. The molecule has 2 nitrogen and oxygen atoms in total. The van der Waals surface area contributed by atoms with E-state index in [-0.39, 0.29) is 18.1 Å². The highest BCUT2D eigenvalue weighted by Crippen LogP contribution is 2.36. The lowest BCUT2D eigenvalue weighted by molar-refractivity contribution is 0.124. The predicted octanol–water partition coefficient (Wildman–Crippen LogP) is 2.69. The minimum Gasteiger partial charge on any atom is -0.396 e. The maximum atomic E-state index is 9.12. The van der Waals surface area contributed by atoms with Crippen LogP contribution in [0.15, 0.2) is 0 Å². The summed E-state index contributed by atoms with van der Waals surface area (Å²) < 4.78 is 0. The number of aliphatic hydroxyl groups is 1. The van der Waals surface area contributed by atoms with Gasteiger partial charge in [-0.1, -0.05) is 33.6 Å². The molecule has 0 saturated carbocycles. The van der Waals surface area contributed by atoms with E-state index in [2.05, 4.69) is 20.8 Å². The summed E-state index contributed by atoms with van der Waals surface area (Å²) >= 11 is 0. The molecule has 0 aliphatic rings. The van der Waals surface area contributed by atoms with Gasteiger partial charge in [-0.2, -0.15) is 0 Å². The van der Waals surface area contributed by atoms with Crippen LogP contribution < -0.4 is 5.73 Å². The summed E-state index contributed by atoms with van der Waals surface area (Å²) in [5, 5.41) is 9.12. The summed E-state index contributed by atoms with van der Waals surface area (Å²) in [7, 11) is 0. The van der Waals surface area contributed by atoms with Gasteiger partial charge in [0.1, 0.15) is 0 Å². The van der Waals surface area contributed by atoms with Crippen molar-refractivity contribution in [2.75, 3.05) is 6.61 Å². The Balaban J connectivity index is 4.41. The molecule has 2 heteroatoms. The zero-order valence-corrected chi connectivity index (χ0v) is 10.1. The van der Waals surface area contributed by atoms with Gasteiger partial charge in [0.15, 0.2) is 0 Å². The Labute approximate surface area is 88.9 Å². The van der Waals surface area contributed by atoms with Crippen LogP contribution >= 0.6 is 0 Å². The Morgan fingerprint density at radius 2 is 1.86 bits per heavy atom. The van der Waals surface area contributed by atoms with Crippen LogP contribution in [0, 0.1) is 5.41 Å². The molecule has 0 aromatic rings. The van der Waals surface area contributed by atoms with Gasteiger partial charge in [0.05, 0.1) is 0 Å². The van der Waals surface area contributed by atoms with Crippen LogP contribution in [0.1, 0.15) is 59.3 Å². The summed E-state index contributed by atoms with van der Waals surface area (Å²) in [6, 6.07) is 0.242. The van der Waals surface area contributed by atoms with Gasteiger partial charge in [0.2, 0.25) is 0 Å². The topological polar surface area (TPSA) is 46.2 Å². The zero-order chi connectivity index (χ0) is 11.0. The molecule has 0 fully saturated rings. The van der Waals surface area contributed by atoms with Crippen LogP contribution in [0.3, 0.4) is 0 Å². The predicted molar refractivity (Wildman–Crippen MR) is 62.2 cm³/mol. The first-order valence-corrected chi connectivity index (χ1v) is 6.03. The van der Waals surface area contributed by atoms with Crippen LogP contribution in [0.2, 0.25) is 0 Å². The second-order valence-corrected chi connectivity index (χ2v) is 4.31. The van der Waals surface area contributed by atoms with Crippen molar-refractivity contribution in [3.8, 4) is 0 Å². The average Bonchev–Trinajstić information content (AvgIpc) is 2.23. The third-order valence-electron chi connectivity index (χ3n) is 3.57. The number of nitrogens with two attached hydrogens (primary N) is 1. The van der Waals surface area contributed by atoms with Crippen LogP contribution in [0.5, 0.6) is 0 Å². The Morgan fingerprint density at radius 1 is 1.21 bits per heavy atom. The van der Waals surface area contributed by atoms with Gasteiger partial charge >= 0.3 is 0 Å². The third-order valence-corrected chi connectivity index (χ3v) is 3.57. The van der Waals surface area contributed by atoms with Gasteiger partial charge in [-0.05, 0) is 31.1 Å². The maximum absolute atomic E-state index is 9.12. The summed E-state index contributed by atoms with van der Waals surface area (Å²) in [4.78, 5) is 0. The molecule has 0 aromatic heterocycles. The molecule has 86 valence electrons. The Morgan fingerprint density at radius 3 is 2.21 bits per heavy atom. The summed E-state index contributed by atoms with van der Waals surface area (Å²) in [5.74, 6) is 0. The molecule has 0 heterocycles. The molecule has 0 radical (unpaired) electrons. The molecule has 14 heavy (non-hydrogen) atoms. The fourth-order valence-corrected chi connectivity index (χ4v) is 2.30. The molecule has 0 aliphatic carbocycles. The van der Waals surface area contributed by atoms with E-state index in [1.165, 1.54) is 12.8 Å². The first-order valence-electron chi connectivity index (χ1n) is 6.03. The minimum absolute atomic E-state index is 0.180. The van der Waals surface area contributed by atoms with E-state index in [0.717, 1.165) is 25.7 Å². The van der Waals surface area contributed by atoms with Gasteiger partial charge in [-0.3, -0.25) is 0 Å². The average molecular weight is 201 g/mol. The SMILES string of the molecule is CCCCC(CC)(CCO)C(N)CC. The molecular weight excluding hydrogens is 174 g/mol. The molecule has 0 rings (SSSR count). The van der Waals surface area contributed by atoms with Crippen molar-refractivity contribution in [1.29, 1.82) is 0 Å². The van der Waals surface area contributed by atoms with Crippen molar-refractivity contribution in [3.05, 3.63) is 0 Å². The van der Waals surface area contributed by atoms with Crippen molar-refractivity contribution in [1.82, 2.24) is 0 Å². The molecule has 0 saturated heterocycles. The number of hydrogen-bond donors (Lipinski definition) is 2. The molecule has 0 aromatic carbocycles. The molecule has 3 N–H and O–H groups in total. The van der Waals surface area contributed by atoms with Gasteiger partial charge in [0.25, 0.3) is 0 Å². The van der Waals surface area contributed by atoms with Gasteiger partial charge in [-0.15, -0.1) is 0 Å². The summed E-state index contributed by atoms with van der Waals surface area (Å²) in [6.07, 6.45) is 6.55. The van der Waals surface area contributed by atoms with E-state index in [1.54, 1.807) is 0 Å². The molecule has 2 atom stereocenters.